The van der Waals surface area contributed by atoms with E-state index >= 15 is 0 Å². The molecule has 0 N–H and O–H groups in total. The fourth-order valence-electron chi connectivity index (χ4n) is 6.43. The molecule has 41 heavy (non-hydrogen) atoms. The van der Waals surface area contributed by atoms with Gasteiger partial charge in [0.25, 0.3) is 0 Å². The number of nitrogens with zero attached hydrogens (tertiary/aromatic N) is 2. The number of benzene rings is 2. The Morgan fingerprint density at radius 3 is 2.05 bits per heavy atom. The maximum atomic E-state index is 13.4. The van der Waals surface area contributed by atoms with Gasteiger partial charge in [0.15, 0.2) is 0 Å². The third kappa shape index (κ3) is 8.41. The molecule has 8 heteroatoms. The van der Waals surface area contributed by atoms with Gasteiger partial charge < -0.3 is 17.7 Å². The standard InChI is InChI=1S/C20H28S.C12H13F2N2.CH3.2ClH.Ti/c1-11(2)16-9-7-8-10-17(16)19-15(6)21-20-14(5)12(3)13(4)18(19)20;13-9-5-4-6-10(14)11(9)12(15)16-7-2-1-3-8-16;;;;/h7-14,18,20H,1-6H3;4-6H,1-3,7-8H2;1H3;2*1H;/q;2*-1;;;+2/p-2. The average molecular weight is 658 g/mol. The molecule has 2 aromatic rings. The van der Waals surface area contributed by atoms with E-state index in [2.05, 4.69) is 77.6 Å². The number of amidine groups is 1. The van der Waals surface area contributed by atoms with Crippen molar-refractivity contribution in [1.82, 2.24) is 4.90 Å². The van der Waals surface area contributed by atoms with Crippen LogP contribution in [0.1, 0.15) is 83.4 Å². The summed E-state index contributed by atoms with van der Waals surface area (Å²) in [7, 11) is 9.78. The predicted molar refractivity (Wildman–Crippen MR) is 173 cm³/mol. The minimum Gasteiger partial charge on any atom is -0.468 e. The molecule has 2 heterocycles. The zero-order valence-electron chi connectivity index (χ0n) is 25.4. The van der Waals surface area contributed by atoms with Crippen LogP contribution in [0.5, 0.6) is 0 Å². The molecule has 0 spiro atoms. The van der Waals surface area contributed by atoms with Crippen LogP contribution in [-0.4, -0.2) is 29.1 Å². The SMILES string of the molecule is CC1=C(c2ccccc2C(C)C)C2C(C)C(C)C(C)C2S1.[CH3-].[Cl][Ti][Cl].[N-]=C(c1c(F)cccc1F)N1CCCCC1. The van der Waals surface area contributed by atoms with Gasteiger partial charge in [-0.25, -0.2) is 8.78 Å². The molecule has 2 aromatic carbocycles. The fourth-order valence-corrected chi connectivity index (χ4v) is 8.21. The Bertz CT molecular complexity index is 1170. The zero-order valence-corrected chi connectivity index (χ0v) is 29.2. The van der Waals surface area contributed by atoms with E-state index in [1.54, 1.807) is 15.4 Å². The molecule has 0 radical (unpaired) electrons. The molecule has 5 atom stereocenters. The van der Waals surface area contributed by atoms with Crippen molar-refractivity contribution in [2.75, 3.05) is 13.1 Å². The molecule has 5 rings (SSSR count). The number of allylic oxidation sites excluding steroid dienone is 2. The van der Waals surface area contributed by atoms with Crippen molar-refractivity contribution in [3.8, 4) is 0 Å². The van der Waals surface area contributed by atoms with Gasteiger partial charge in [-0.1, -0.05) is 90.0 Å². The number of hydrogen-bond acceptors (Lipinski definition) is 1. The van der Waals surface area contributed by atoms with E-state index in [9.17, 15) is 14.2 Å². The first-order valence-electron chi connectivity index (χ1n) is 14.2. The summed E-state index contributed by atoms with van der Waals surface area (Å²) in [5, 5.41) is 10.7. The van der Waals surface area contributed by atoms with Crippen LogP contribution < -0.4 is 0 Å². The summed E-state index contributed by atoms with van der Waals surface area (Å²) in [5.74, 6) is 2.08. The van der Waals surface area contributed by atoms with Crippen LogP contribution in [0.25, 0.3) is 11.0 Å². The summed E-state index contributed by atoms with van der Waals surface area (Å²) in [6, 6.07) is 12.7. The third-order valence-corrected chi connectivity index (χ3v) is 10.4. The smallest absolute Gasteiger partial charge is 0.133 e. The number of thioether (sulfide) groups is 1. The van der Waals surface area contributed by atoms with Crippen molar-refractivity contribution in [1.29, 1.82) is 0 Å². The van der Waals surface area contributed by atoms with Gasteiger partial charge in [0.2, 0.25) is 0 Å². The molecule has 0 amide bonds. The van der Waals surface area contributed by atoms with Crippen LogP contribution in [0.4, 0.5) is 8.78 Å². The van der Waals surface area contributed by atoms with Gasteiger partial charge in [0.05, 0.1) is 0 Å². The van der Waals surface area contributed by atoms with Crippen molar-refractivity contribution in [2.45, 2.75) is 72.0 Å². The van der Waals surface area contributed by atoms with Crippen LogP contribution >= 0.6 is 30.4 Å². The number of halogens is 4. The third-order valence-electron chi connectivity index (χ3n) is 8.84. The van der Waals surface area contributed by atoms with E-state index in [1.165, 1.54) is 17.2 Å². The van der Waals surface area contributed by atoms with E-state index in [4.69, 9.17) is 18.6 Å². The molecular formula is C33H44Cl2F2N2STi-2. The first-order chi connectivity index (χ1) is 19.0. The molecule has 1 aliphatic carbocycles. The maximum absolute atomic E-state index is 13.4. The molecule has 3 aliphatic rings. The molecule has 2 fully saturated rings. The molecule has 0 aromatic heterocycles. The summed E-state index contributed by atoms with van der Waals surface area (Å²) < 4.78 is 26.8. The molecule has 226 valence electrons. The number of likely N-dealkylation sites (tertiary alicyclic amines) is 1. The van der Waals surface area contributed by atoms with Crippen LogP contribution in [0, 0.1) is 42.7 Å². The molecule has 0 bridgehead atoms. The summed E-state index contributed by atoms with van der Waals surface area (Å²) in [4.78, 5) is 3.20. The van der Waals surface area contributed by atoms with Gasteiger partial charge >= 0.3 is 35.6 Å². The Morgan fingerprint density at radius 1 is 0.927 bits per heavy atom. The first-order valence-corrected chi connectivity index (χ1v) is 19.4. The number of rotatable bonds is 3. The summed E-state index contributed by atoms with van der Waals surface area (Å²) >= 11 is 1.60. The monoisotopic (exact) mass is 656 g/mol. The van der Waals surface area contributed by atoms with Crippen LogP contribution in [0.3, 0.4) is 0 Å². The van der Waals surface area contributed by atoms with Crippen molar-refractivity contribution in [3.63, 3.8) is 0 Å². The van der Waals surface area contributed by atoms with E-state index < -0.39 is 28.7 Å². The van der Waals surface area contributed by atoms with Crippen LogP contribution in [0.15, 0.2) is 47.4 Å². The van der Waals surface area contributed by atoms with Crippen molar-refractivity contribution in [3.05, 3.63) is 88.5 Å². The normalized spacial score (nSPS) is 25.0. The molecule has 1 saturated heterocycles. The van der Waals surface area contributed by atoms with Crippen LogP contribution in [-0.2, 0) is 17.0 Å². The van der Waals surface area contributed by atoms with Crippen molar-refractivity contribution in [2.24, 2.45) is 23.7 Å². The second-order valence-electron chi connectivity index (χ2n) is 11.4. The van der Waals surface area contributed by atoms with E-state index in [0.717, 1.165) is 60.3 Å². The second-order valence-corrected chi connectivity index (χ2v) is 15.4. The minimum atomic E-state index is -0.719. The van der Waals surface area contributed by atoms with Crippen molar-refractivity contribution >= 4 is 41.8 Å². The molecule has 1 saturated carbocycles. The number of piperidine rings is 1. The summed E-state index contributed by atoms with van der Waals surface area (Å²) in [6.07, 6.45) is 2.99. The van der Waals surface area contributed by atoms with Crippen LogP contribution in [0.2, 0.25) is 0 Å². The minimum absolute atomic E-state index is 0. The number of hydrogen-bond donors (Lipinski definition) is 0. The van der Waals surface area contributed by atoms with E-state index in [-0.39, 0.29) is 18.8 Å². The maximum Gasteiger partial charge on any atom is 0.133 e. The first kappa shape index (κ1) is 36.3. The van der Waals surface area contributed by atoms with Gasteiger partial charge in [-0.05, 0) is 77.4 Å². The Morgan fingerprint density at radius 2 is 1.49 bits per heavy atom. The van der Waals surface area contributed by atoms with Gasteiger partial charge in [-0.15, -0.1) is 11.8 Å². The molecule has 5 unspecified atom stereocenters. The molecule has 2 aliphatic heterocycles. The van der Waals surface area contributed by atoms with Gasteiger partial charge in [0, 0.05) is 16.7 Å². The quantitative estimate of drug-likeness (QED) is 0.142. The topological polar surface area (TPSA) is 25.5 Å². The summed E-state index contributed by atoms with van der Waals surface area (Å²) in [5.41, 5.74) is 4.40. The Hall–Kier alpha value is -0.846. The predicted octanol–water partition coefficient (Wildman–Crippen LogP) is 10.8. The van der Waals surface area contributed by atoms with Gasteiger partial charge in [-0.2, -0.15) is 0 Å². The fraction of sp³-hybridized carbons (Fsp3) is 0.515. The van der Waals surface area contributed by atoms with Gasteiger partial charge in [-0.3, -0.25) is 0 Å². The Labute approximate surface area is 268 Å². The zero-order chi connectivity index (χ0) is 29.6. The Kier molecular flexibility index (Phi) is 14.9. The second kappa shape index (κ2) is 16.9. The number of fused-ring (bicyclic) bond motifs is 1. The largest absolute Gasteiger partial charge is 0.468 e. The van der Waals surface area contributed by atoms with Gasteiger partial charge in [0.1, 0.15) is 11.6 Å². The molecule has 2 nitrogen and oxygen atoms in total. The van der Waals surface area contributed by atoms with E-state index in [1.807, 2.05) is 0 Å². The summed E-state index contributed by atoms with van der Waals surface area (Å²) in [6.45, 7) is 15.7. The average Bonchev–Trinajstić information content (AvgIpc) is 3.38. The molecular weight excluding hydrogens is 613 g/mol. The van der Waals surface area contributed by atoms with E-state index in [0.29, 0.717) is 19.0 Å². The van der Waals surface area contributed by atoms with Crippen molar-refractivity contribution < 1.29 is 25.8 Å². The Balaban J connectivity index is 0.000000264.